The molecule has 0 saturated heterocycles. The second kappa shape index (κ2) is 7.96. The quantitative estimate of drug-likeness (QED) is 0.749. The molecular formula is C15H15ClN2O5S2. The van der Waals surface area contributed by atoms with Gasteiger partial charge in [0.25, 0.3) is 5.91 Å². The van der Waals surface area contributed by atoms with E-state index in [1.54, 1.807) is 6.07 Å². The van der Waals surface area contributed by atoms with Gasteiger partial charge in [0, 0.05) is 19.8 Å². The minimum Gasteiger partial charge on any atom is -0.451 e. The number of benzene rings is 1. The van der Waals surface area contributed by atoms with E-state index in [1.165, 1.54) is 44.4 Å². The minimum atomic E-state index is -3.53. The smallest absolute Gasteiger partial charge is 0.348 e. The van der Waals surface area contributed by atoms with Gasteiger partial charge in [-0.2, -0.15) is 0 Å². The predicted octanol–water partition coefficient (Wildman–Crippen LogP) is 2.45. The van der Waals surface area contributed by atoms with E-state index in [0.717, 1.165) is 15.6 Å². The van der Waals surface area contributed by atoms with Crippen LogP contribution in [-0.2, 0) is 19.6 Å². The Balaban J connectivity index is 1.91. The van der Waals surface area contributed by atoms with Gasteiger partial charge in [-0.1, -0.05) is 11.6 Å². The first kappa shape index (κ1) is 19.4. The number of carbonyl (C=O) groups is 2. The van der Waals surface area contributed by atoms with Gasteiger partial charge < -0.3 is 10.1 Å². The van der Waals surface area contributed by atoms with Crippen LogP contribution in [0, 0.1) is 0 Å². The van der Waals surface area contributed by atoms with Crippen LogP contribution in [0.15, 0.2) is 41.3 Å². The van der Waals surface area contributed by atoms with Crippen LogP contribution in [0.25, 0.3) is 0 Å². The zero-order chi connectivity index (χ0) is 18.6. The monoisotopic (exact) mass is 402 g/mol. The Morgan fingerprint density at radius 2 is 1.80 bits per heavy atom. The third-order valence-electron chi connectivity index (χ3n) is 3.03. The van der Waals surface area contributed by atoms with Crippen molar-refractivity contribution in [3.8, 4) is 0 Å². The normalized spacial score (nSPS) is 11.4. The van der Waals surface area contributed by atoms with Gasteiger partial charge in [0.05, 0.1) is 9.23 Å². The predicted molar refractivity (Wildman–Crippen MR) is 95.6 cm³/mol. The van der Waals surface area contributed by atoms with Gasteiger partial charge >= 0.3 is 5.97 Å². The van der Waals surface area contributed by atoms with Crippen molar-refractivity contribution in [2.75, 3.05) is 26.0 Å². The maximum Gasteiger partial charge on any atom is 0.348 e. The third kappa shape index (κ3) is 5.02. The highest BCUT2D eigenvalue weighted by Gasteiger charge is 2.17. The van der Waals surface area contributed by atoms with E-state index in [-0.39, 0.29) is 4.90 Å². The molecule has 0 aliphatic carbocycles. The van der Waals surface area contributed by atoms with Crippen LogP contribution in [0.4, 0.5) is 5.69 Å². The molecule has 0 bridgehead atoms. The van der Waals surface area contributed by atoms with Crippen LogP contribution in [0.3, 0.4) is 0 Å². The number of hydrogen-bond donors (Lipinski definition) is 1. The molecule has 0 unspecified atom stereocenters. The second-order valence-electron chi connectivity index (χ2n) is 5.04. The Kier molecular flexibility index (Phi) is 6.17. The number of thiophene rings is 1. The molecule has 2 aromatic rings. The molecule has 7 nitrogen and oxygen atoms in total. The Bertz CT molecular complexity index is 876. The van der Waals surface area contributed by atoms with Crippen molar-refractivity contribution >= 4 is 50.5 Å². The molecule has 10 heteroatoms. The molecule has 1 aromatic carbocycles. The standard InChI is InChI=1S/C15H15ClN2O5S2/c1-18(2)25(21,22)11-5-3-10(4-6-11)17-14(19)9-23-15(20)12-7-8-13(16)24-12/h3-8H,9H2,1-2H3,(H,17,19). The second-order valence-corrected chi connectivity index (χ2v) is 8.91. The van der Waals surface area contributed by atoms with E-state index >= 15 is 0 Å². The molecule has 0 aliphatic heterocycles. The van der Waals surface area contributed by atoms with Crippen molar-refractivity contribution in [3.63, 3.8) is 0 Å². The molecule has 0 atom stereocenters. The molecule has 0 spiro atoms. The molecular weight excluding hydrogens is 388 g/mol. The Morgan fingerprint density at radius 3 is 2.32 bits per heavy atom. The van der Waals surface area contributed by atoms with E-state index in [2.05, 4.69) is 5.32 Å². The number of hydrogen-bond acceptors (Lipinski definition) is 6. The highest BCUT2D eigenvalue weighted by Crippen LogP contribution is 2.22. The van der Waals surface area contributed by atoms with Gasteiger partial charge in [0.15, 0.2) is 6.61 Å². The largest absolute Gasteiger partial charge is 0.451 e. The van der Waals surface area contributed by atoms with Crippen LogP contribution in [0.1, 0.15) is 9.67 Å². The van der Waals surface area contributed by atoms with Gasteiger partial charge in [-0.25, -0.2) is 17.5 Å². The molecule has 0 saturated carbocycles. The number of amides is 1. The molecule has 0 radical (unpaired) electrons. The molecule has 0 aliphatic rings. The first-order valence-electron chi connectivity index (χ1n) is 6.95. The van der Waals surface area contributed by atoms with E-state index in [4.69, 9.17) is 16.3 Å². The summed E-state index contributed by atoms with van der Waals surface area (Å²) in [5, 5.41) is 2.51. The Morgan fingerprint density at radius 1 is 1.16 bits per heavy atom. The van der Waals surface area contributed by atoms with Crippen molar-refractivity contribution < 1.29 is 22.7 Å². The van der Waals surface area contributed by atoms with E-state index in [1.807, 2.05) is 0 Å². The number of nitrogens with one attached hydrogen (secondary N) is 1. The summed E-state index contributed by atoms with van der Waals surface area (Å²) in [4.78, 5) is 23.9. The number of sulfonamides is 1. The summed E-state index contributed by atoms with van der Waals surface area (Å²) in [5.74, 6) is -1.18. The summed E-state index contributed by atoms with van der Waals surface area (Å²) in [5.41, 5.74) is 0.387. The number of rotatable bonds is 6. The average molecular weight is 403 g/mol. The lowest BCUT2D eigenvalue weighted by Crippen LogP contribution is -2.22. The zero-order valence-corrected chi connectivity index (χ0v) is 15.7. The maximum atomic E-state index is 12.0. The molecule has 134 valence electrons. The summed E-state index contributed by atoms with van der Waals surface area (Å²) in [6.45, 7) is -0.466. The van der Waals surface area contributed by atoms with Gasteiger partial charge in [-0.3, -0.25) is 4.79 Å². The number of carbonyl (C=O) groups excluding carboxylic acids is 2. The summed E-state index contributed by atoms with van der Waals surface area (Å²) in [7, 11) is -0.669. The molecule has 1 heterocycles. The lowest BCUT2D eigenvalue weighted by atomic mass is 10.3. The average Bonchev–Trinajstić information content (AvgIpc) is 2.99. The van der Waals surface area contributed by atoms with Gasteiger partial charge in [-0.15, -0.1) is 11.3 Å². The minimum absolute atomic E-state index is 0.108. The fraction of sp³-hybridized carbons (Fsp3) is 0.200. The van der Waals surface area contributed by atoms with Crippen LogP contribution in [0.2, 0.25) is 4.34 Å². The summed E-state index contributed by atoms with van der Waals surface area (Å²) >= 11 is 6.78. The Labute approximate surface area is 154 Å². The summed E-state index contributed by atoms with van der Waals surface area (Å²) in [6.07, 6.45) is 0. The first-order chi connectivity index (χ1) is 11.7. The first-order valence-corrected chi connectivity index (χ1v) is 9.58. The highest BCUT2D eigenvalue weighted by atomic mass is 35.5. The maximum absolute atomic E-state index is 12.0. The van der Waals surface area contributed by atoms with E-state index < -0.39 is 28.5 Å². The van der Waals surface area contributed by atoms with Crippen molar-refractivity contribution in [1.82, 2.24) is 4.31 Å². The van der Waals surface area contributed by atoms with Gasteiger partial charge in [0.1, 0.15) is 4.88 Å². The Hall–Kier alpha value is -1.94. The van der Waals surface area contributed by atoms with E-state index in [0.29, 0.717) is 14.9 Å². The van der Waals surface area contributed by atoms with E-state index in [9.17, 15) is 18.0 Å². The van der Waals surface area contributed by atoms with Crippen molar-refractivity contribution in [1.29, 1.82) is 0 Å². The third-order valence-corrected chi connectivity index (χ3v) is 6.07. The lowest BCUT2D eigenvalue weighted by molar-refractivity contribution is -0.119. The SMILES string of the molecule is CN(C)S(=O)(=O)c1ccc(NC(=O)COC(=O)c2ccc(Cl)s2)cc1. The highest BCUT2D eigenvalue weighted by molar-refractivity contribution is 7.89. The molecule has 0 fully saturated rings. The van der Waals surface area contributed by atoms with Crippen LogP contribution in [0.5, 0.6) is 0 Å². The van der Waals surface area contributed by atoms with Crippen molar-refractivity contribution in [3.05, 3.63) is 45.6 Å². The van der Waals surface area contributed by atoms with Crippen LogP contribution >= 0.6 is 22.9 Å². The number of anilines is 1. The van der Waals surface area contributed by atoms with Crippen LogP contribution < -0.4 is 5.32 Å². The number of halogens is 1. The lowest BCUT2D eigenvalue weighted by Gasteiger charge is -2.12. The van der Waals surface area contributed by atoms with Gasteiger partial charge in [0.2, 0.25) is 10.0 Å². The molecule has 25 heavy (non-hydrogen) atoms. The topological polar surface area (TPSA) is 92.8 Å². The number of ether oxygens (including phenoxy) is 1. The van der Waals surface area contributed by atoms with Crippen molar-refractivity contribution in [2.24, 2.45) is 0 Å². The fourth-order valence-corrected chi connectivity index (χ4v) is 3.58. The molecule has 2 rings (SSSR count). The molecule has 1 aromatic heterocycles. The fourth-order valence-electron chi connectivity index (χ4n) is 1.74. The summed E-state index contributed by atoms with van der Waals surface area (Å²) < 4.78 is 30.3. The number of esters is 1. The van der Waals surface area contributed by atoms with Crippen LogP contribution in [-0.4, -0.2) is 45.3 Å². The number of nitrogens with zero attached hydrogens (tertiary/aromatic N) is 1. The summed E-state index contributed by atoms with van der Waals surface area (Å²) in [6, 6.07) is 8.74. The van der Waals surface area contributed by atoms with Gasteiger partial charge in [-0.05, 0) is 36.4 Å². The molecule has 1 amide bonds. The molecule has 1 N–H and O–H groups in total. The van der Waals surface area contributed by atoms with Crippen molar-refractivity contribution in [2.45, 2.75) is 4.90 Å². The zero-order valence-electron chi connectivity index (χ0n) is 13.4.